The summed E-state index contributed by atoms with van der Waals surface area (Å²) in [7, 11) is 6.71. The van der Waals surface area contributed by atoms with E-state index in [1.54, 1.807) is 11.1 Å². The topological polar surface area (TPSA) is 127 Å². The van der Waals surface area contributed by atoms with Crippen molar-refractivity contribution < 1.29 is 134 Å². The van der Waals surface area contributed by atoms with Crippen LogP contribution in [0.25, 0.3) is 48.9 Å². The van der Waals surface area contributed by atoms with Crippen LogP contribution in [-0.4, -0.2) is 142 Å². The van der Waals surface area contributed by atoms with Crippen molar-refractivity contribution >= 4 is 55.4 Å². The molecule has 9 unspecified atom stereocenters. The number of nitrogens with one attached hydrogen (secondary N) is 4. The molecule has 4 aromatic carbocycles. The average Bonchev–Trinajstić information content (AvgIpc) is 4.42. The van der Waals surface area contributed by atoms with Gasteiger partial charge in [0.1, 0.15) is 0 Å². The first-order valence-corrected chi connectivity index (χ1v) is 29.9. The van der Waals surface area contributed by atoms with E-state index in [1.807, 2.05) is 11.8 Å². The van der Waals surface area contributed by atoms with Crippen molar-refractivity contribution in [2.24, 2.45) is 23.7 Å². The van der Waals surface area contributed by atoms with Gasteiger partial charge in [0, 0.05) is 261 Å². The minimum Gasteiger partial charge on any atom is -0.659 e. The number of thioether (sulfide) groups is 1. The SMILES string of the molecule is CN1CC(CO)CC2c3cccc4[nH]cc(c34)CC21.CN1CC(CO)CC2c3cccc4[nH]cc(c34)CC21.CSCC1C[N-]C2Cc3c[nH]c4cccc(c34)C2C1.C[C@@H]1C[C@@H]2c3cccc4[nH]cc(c34)C[C@H]2N(C)C1.[Pr].[Pr].[Pr]. The third-order valence-corrected chi connectivity index (χ3v) is 20.6. The maximum absolute atomic E-state index is 9.52. The number of likely N-dealkylation sites (tertiary alicyclic amines) is 3. The number of likely N-dealkylation sites (N-methyl/N-ethyl adjacent to an activating group) is 3. The van der Waals surface area contributed by atoms with Gasteiger partial charge >= 0.3 is 0 Å². The van der Waals surface area contributed by atoms with E-state index in [0.717, 1.165) is 69.5 Å². The summed E-state index contributed by atoms with van der Waals surface area (Å²) in [5, 5.41) is 29.9. The number of aromatic amines is 4. The Morgan fingerprint density at radius 1 is 0.487 bits per heavy atom. The van der Waals surface area contributed by atoms with Crippen LogP contribution in [-0.2, 0) is 25.7 Å². The first-order valence-electron chi connectivity index (χ1n) is 28.5. The summed E-state index contributed by atoms with van der Waals surface area (Å²) in [5.74, 6) is 6.19. The summed E-state index contributed by atoms with van der Waals surface area (Å²) in [6.45, 7) is 7.36. The van der Waals surface area contributed by atoms with Crippen molar-refractivity contribution in [3.8, 4) is 0 Å². The van der Waals surface area contributed by atoms with Crippen LogP contribution in [0.5, 0.6) is 0 Å². The Hall–Kier alpha value is -0.759. The van der Waals surface area contributed by atoms with Crippen LogP contribution in [0.15, 0.2) is 97.6 Å². The maximum Gasteiger partial charge on any atom is 0.0471 e. The first-order chi connectivity index (χ1) is 36.7. The summed E-state index contributed by atoms with van der Waals surface area (Å²) in [6.07, 6.45) is 20.5. The third-order valence-electron chi connectivity index (χ3n) is 19.8. The molecule has 14 heteroatoms. The van der Waals surface area contributed by atoms with Crippen LogP contribution in [0.2, 0.25) is 0 Å². The van der Waals surface area contributed by atoms with Crippen LogP contribution in [0, 0.1) is 148 Å². The zero-order valence-corrected chi connectivity index (χ0v) is 58.5. The Labute approximate surface area is 566 Å². The zero-order chi connectivity index (χ0) is 51.1. The van der Waals surface area contributed by atoms with Crippen molar-refractivity contribution in [1.82, 2.24) is 34.6 Å². The summed E-state index contributed by atoms with van der Waals surface area (Å²) in [5.41, 5.74) is 17.1. The summed E-state index contributed by atoms with van der Waals surface area (Å²) in [6, 6.07) is 29.1. The fourth-order valence-corrected chi connectivity index (χ4v) is 17.2. The van der Waals surface area contributed by atoms with Crippen LogP contribution >= 0.6 is 11.8 Å². The number of hydrogen-bond acceptors (Lipinski definition) is 6. The van der Waals surface area contributed by atoms with E-state index in [2.05, 4.69) is 167 Å². The Morgan fingerprint density at radius 3 is 1.24 bits per heavy atom. The second kappa shape index (κ2) is 25.8. The van der Waals surface area contributed by atoms with Gasteiger partial charge in [-0.25, -0.2) is 0 Å². The fraction of sp³-hybridized carbons (Fsp3) is 0.500. The van der Waals surface area contributed by atoms with Crippen molar-refractivity contribution in [3.63, 3.8) is 0 Å². The number of aliphatic hydroxyl groups is 2. The smallest absolute Gasteiger partial charge is 0.0471 e. The van der Waals surface area contributed by atoms with Gasteiger partial charge in [0.2, 0.25) is 0 Å². The molecule has 8 heterocycles. The van der Waals surface area contributed by atoms with Gasteiger partial charge in [0.25, 0.3) is 0 Å². The Bertz CT molecular complexity index is 3220. The molecule has 16 rings (SSSR count). The van der Waals surface area contributed by atoms with Gasteiger partial charge in [-0.1, -0.05) is 61.4 Å². The van der Waals surface area contributed by atoms with Crippen molar-refractivity contribution in [2.75, 3.05) is 72.5 Å². The largest absolute Gasteiger partial charge is 0.659 e. The van der Waals surface area contributed by atoms with E-state index in [1.165, 1.54) is 109 Å². The van der Waals surface area contributed by atoms with Gasteiger partial charge in [-0.3, -0.25) is 0 Å². The molecule has 10 nitrogen and oxygen atoms in total. The van der Waals surface area contributed by atoms with E-state index in [-0.39, 0.29) is 124 Å². The normalized spacial score (nSPS) is 29.3. The third kappa shape index (κ3) is 11.3. The minimum atomic E-state index is 0. The molecule has 0 amide bonds. The minimum absolute atomic E-state index is 0. The van der Waals surface area contributed by atoms with E-state index in [9.17, 15) is 10.2 Å². The predicted octanol–water partition coefficient (Wildman–Crippen LogP) is 11.3. The molecule has 4 aromatic heterocycles. The fourth-order valence-electron chi connectivity index (χ4n) is 16.5. The van der Waals surface area contributed by atoms with Gasteiger partial charge in [-0.2, -0.15) is 11.8 Å². The molecular weight excluding hydrogens is 1370 g/mol. The summed E-state index contributed by atoms with van der Waals surface area (Å²) >= 11 is 1.96. The molecule has 3 radical (unpaired) electrons. The molecule has 8 aromatic rings. The molecule has 0 bridgehead atoms. The second-order valence-electron chi connectivity index (χ2n) is 24.5. The molecule has 12 atom stereocenters. The molecule has 403 valence electrons. The Kier molecular flexibility index (Phi) is 20.0. The van der Waals surface area contributed by atoms with Gasteiger partial charge < -0.3 is 50.2 Å². The summed E-state index contributed by atoms with van der Waals surface area (Å²) in [4.78, 5) is 21.1. The maximum atomic E-state index is 9.52. The molecule has 4 fully saturated rings. The van der Waals surface area contributed by atoms with Crippen LogP contribution in [0.3, 0.4) is 0 Å². The molecule has 0 spiro atoms. The van der Waals surface area contributed by atoms with E-state index < -0.39 is 0 Å². The predicted molar refractivity (Wildman–Crippen MR) is 311 cm³/mol. The Balaban J connectivity index is 0.000000116. The zero-order valence-electron chi connectivity index (χ0n) is 46.6. The quantitative estimate of drug-likeness (QED) is 0.104. The molecule has 6 N–H and O–H groups in total. The van der Waals surface area contributed by atoms with Crippen molar-refractivity contribution in [3.05, 3.63) is 147 Å². The van der Waals surface area contributed by atoms with Gasteiger partial charge in [-0.15, -0.1) is 12.6 Å². The van der Waals surface area contributed by atoms with E-state index >= 15 is 0 Å². The van der Waals surface area contributed by atoms with Gasteiger partial charge in [0.15, 0.2) is 0 Å². The number of nitrogens with zero attached hydrogens (tertiary/aromatic N) is 4. The number of fused-ring (bicyclic) bond motifs is 8. The molecule has 4 aliphatic carbocycles. The average molecular weight is 1450 g/mol. The van der Waals surface area contributed by atoms with Crippen LogP contribution < -0.4 is 0 Å². The number of H-pyrrole nitrogens is 4. The molecule has 8 aliphatic rings. The van der Waals surface area contributed by atoms with Gasteiger partial charge in [0.05, 0.1) is 0 Å². The molecule has 4 saturated heterocycles. The van der Waals surface area contributed by atoms with Gasteiger partial charge in [-0.05, 0) is 177 Å². The summed E-state index contributed by atoms with van der Waals surface area (Å²) < 4.78 is 0. The monoisotopic (exact) mass is 1450 g/mol. The first kappa shape index (κ1) is 60.4. The number of hydrogen-bond donors (Lipinski definition) is 6. The standard InChI is InChI=1S/2C16H20N2O.C16H19N2S.C16H20N2.3Pr/c2*1-18-8-10(9-19)5-13-12-3-2-4-14-16(12)11(7-17-14)6-15(13)18;1-19-9-10-5-13-12-3-2-4-14-16(12)11(8-18-14)6-15(13)17-7-10;1-10-6-13-12-4-3-5-14-16(12)11(8-17-14)7-15(13)18(2)9-10;;;/h2*2-4,7,10,13,15,17,19H,5-6,8-9H2,1H3;2-4,8,10,13,15,18H,5-7,9H2,1H3;3-5,8,10,13,15,17H,6-7,9H2,1-2H3;;;/q;;-1;;;;/t;;;10-,13-,15-;;;/m...1.../s1. The number of piperidine rings is 4. The van der Waals surface area contributed by atoms with Crippen LogP contribution in [0.1, 0.15) is 101 Å². The van der Waals surface area contributed by atoms with E-state index in [4.69, 9.17) is 5.32 Å². The molecular formula is C64H79N8O2Pr3S-. The number of benzene rings is 4. The number of aliphatic hydroxyl groups excluding tert-OH is 2. The Morgan fingerprint density at radius 2 is 0.846 bits per heavy atom. The van der Waals surface area contributed by atoms with Crippen LogP contribution in [0.4, 0.5) is 0 Å². The molecule has 4 aliphatic heterocycles. The molecule has 0 saturated carbocycles. The van der Waals surface area contributed by atoms with E-state index in [0.29, 0.717) is 67.0 Å². The second-order valence-corrected chi connectivity index (χ2v) is 25.4. The van der Waals surface area contributed by atoms with Crippen molar-refractivity contribution in [1.29, 1.82) is 0 Å². The molecule has 78 heavy (non-hydrogen) atoms. The number of rotatable bonds is 4. The van der Waals surface area contributed by atoms with Crippen molar-refractivity contribution in [2.45, 2.75) is 106 Å². The number of aromatic nitrogens is 4.